The predicted octanol–water partition coefficient (Wildman–Crippen LogP) is 1.57. The molecule has 1 heterocycles. The number of piperidine rings is 1. The molecule has 1 aliphatic rings. The molecule has 20 heavy (non-hydrogen) atoms. The Morgan fingerprint density at radius 2 is 2.00 bits per heavy atom. The van der Waals surface area contributed by atoms with Gasteiger partial charge in [0, 0.05) is 19.1 Å². The van der Waals surface area contributed by atoms with Crippen LogP contribution >= 0.6 is 0 Å². The van der Waals surface area contributed by atoms with Gasteiger partial charge in [0.1, 0.15) is 5.60 Å². The van der Waals surface area contributed by atoms with Gasteiger partial charge >= 0.3 is 6.09 Å². The molecule has 2 atom stereocenters. The van der Waals surface area contributed by atoms with E-state index in [0.717, 1.165) is 6.42 Å². The SMILES string of the molecule is CCS(=O)(=O)N1CC[C@@H](C)[C@@H](NC(=O)OC(C)(C)C)C1. The van der Waals surface area contributed by atoms with Crippen LogP contribution < -0.4 is 5.32 Å². The lowest BCUT2D eigenvalue weighted by Crippen LogP contribution is -2.54. The molecular weight excluding hydrogens is 280 g/mol. The van der Waals surface area contributed by atoms with Crippen molar-refractivity contribution in [2.75, 3.05) is 18.8 Å². The monoisotopic (exact) mass is 306 g/mol. The third kappa shape index (κ3) is 4.94. The molecule has 6 nitrogen and oxygen atoms in total. The van der Waals surface area contributed by atoms with Crippen LogP contribution in [0.3, 0.4) is 0 Å². The highest BCUT2D eigenvalue weighted by Gasteiger charge is 2.33. The Bertz CT molecular complexity index is 442. The average molecular weight is 306 g/mol. The van der Waals surface area contributed by atoms with Crippen LogP contribution in [0.2, 0.25) is 0 Å². The summed E-state index contributed by atoms with van der Waals surface area (Å²) in [6, 6.07) is -0.208. The van der Waals surface area contributed by atoms with Gasteiger partial charge in [-0.2, -0.15) is 4.31 Å². The van der Waals surface area contributed by atoms with Crippen molar-refractivity contribution in [1.82, 2.24) is 9.62 Å². The largest absolute Gasteiger partial charge is 0.444 e. The molecule has 0 saturated carbocycles. The van der Waals surface area contributed by atoms with E-state index in [4.69, 9.17) is 4.74 Å². The Kier molecular flexibility index (Phi) is 5.43. The molecule has 0 bridgehead atoms. The van der Waals surface area contributed by atoms with Crippen LogP contribution in [-0.2, 0) is 14.8 Å². The van der Waals surface area contributed by atoms with Crippen LogP contribution in [0.5, 0.6) is 0 Å². The van der Waals surface area contributed by atoms with Gasteiger partial charge in [-0.3, -0.25) is 0 Å². The van der Waals surface area contributed by atoms with Crippen molar-refractivity contribution in [3.63, 3.8) is 0 Å². The molecule has 0 unspecified atom stereocenters. The number of amides is 1. The molecule has 0 aliphatic carbocycles. The van der Waals surface area contributed by atoms with E-state index in [9.17, 15) is 13.2 Å². The highest BCUT2D eigenvalue weighted by molar-refractivity contribution is 7.89. The van der Waals surface area contributed by atoms with E-state index in [-0.39, 0.29) is 17.7 Å². The normalized spacial score (nSPS) is 25.2. The molecule has 1 saturated heterocycles. The zero-order valence-corrected chi connectivity index (χ0v) is 13.8. The van der Waals surface area contributed by atoms with Crippen LogP contribution in [0.15, 0.2) is 0 Å². The van der Waals surface area contributed by atoms with E-state index < -0.39 is 21.7 Å². The van der Waals surface area contributed by atoms with Crippen molar-refractivity contribution in [2.24, 2.45) is 5.92 Å². The van der Waals surface area contributed by atoms with Crippen LogP contribution in [0.25, 0.3) is 0 Å². The molecule has 118 valence electrons. The highest BCUT2D eigenvalue weighted by Crippen LogP contribution is 2.20. The van der Waals surface area contributed by atoms with Gasteiger partial charge in [-0.05, 0) is 40.0 Å². The standard InChI is InChI=1S/C13H26N2O4S/c1-6-20(17,18)15-8-7-10(2)11(9-15)14-12(16)19-13(3,4)5/h10-11H,6-9H2,1-5H3,(H,14,16)/t10-,11+/m1/s1. The van der Waals surface area contributed by atoms with E-state index in [1.165, 1.54) is 4.31 Å². The van der Waals surface area contributed by atoms with Crippen LogP contribution in [0, 0.1) is 5.92 Å². The third-order valence-electron chi connectivity index (χ3n) is 3.38. The number of rotatable bonds is 3. The van der Waals surface area contributed by atoms with Crippen LogP contribution in [0.4, 0.5) is 4.79 Å². The summed E-state index contributed by atoms with van der Waals surface area (Å²) < 4.78 is 30.5. The molecular formula is C13H26N2O4S. The van der Waals surface area contributed by atoms with Gasteiger partial charge < -0.3 is 10.1 Å². The predicted molar refractivity (Wildman–Crippen MR) is 78.0 cm³/mol. The van der Waals surface area contributed by atoms with Crippen molar-refractivity contribution in [3.8, 4) is 0 Å². The first-order valence-electron chi connectivity index (χ1n) is 7.02. The molecule has 0 spiro atoms. The van der Waals surface area contributed by atoms with Crippen molar-refractivity contribution in [1.29, 1.82) is 0 Å². The van der Waals surface area contributed by atoms with Crippen LogP contribution in [0.1, 0.15) is 41.0 Å². The number of nitrogens with zero attached hydrogens (tertiary/aromatic N) is 1. The molecule has 1 rings (SSSR count). The van der Waals surface area contributed by atoms with Crippen molar-refractivity contribution in [2.45, 2.75) is 52.7 Å². The minimum atomic E-state index is -3.21. The quantitative estimate of drug-likeness (QED) is 0.859. The first-order valence-corrected chi connectivity index (χ1v) is 8.63. The Morgan fingerprint density at radius 3 is 2.50 bits per heavy atom. The Labute approximate surface area is 121 Å². The molecule has 1 aliphatic heterocycles. The lowest BCUT2D eigenvalue weighted by molar-refractivity contribution is 0.0463. The molecule has 1 N–H and O–H groups in total. The lowest BCUT2D eigenvalue weighted by Gasteiger charge is -2.36. The summed E-state index contributed by atoms with van der Waals surface area (Å²) in [5.74, 6) is 0.311. The second kappa shape index (κ2) is 6.30. The molecule has 1 fully saturated rings. The molecule has 0 radical (unpaired) electrons. The van der Waals surface area contributed by atoms with Crippen LogP contribution in [-0.4, -0.2) is 49.3 Å². The first-order chi connectivity index (χ1) is 9.05. The second-order valence-electron chi connectivity index (χ2n) is 6.28. The number of sulfonamides is 1. The summed E-state index contributed by atoms with van der Waals surface area (Å²) in [4.78, 5) is 11.8. The number of carbonyl (C=O) groups is 1. The minimum Gasteiger partial charge on any atom is -0.444 e. The number of alkyl carbamates (subject to hydrolysis) is 1. The topological polar surface area (TPSA) is 75.7 Å². The van der Waals surface area contributed by atoms with Gasteiger partial charge in [0.05, 0.1) is 5.75 Å². The fourth-order valence-corrected chi connectivity index (χ4v) is 3.26. The molecule has 1 amide bonds. The summed E-state index contributed by atoms with van der Waals surface area (Å²) in [7, 11) is -3.21. The fraction of sp³-hybridized carbons (Fsp3) is 0.923. The maximum atomic E-state index is 11.9. The Morgan fingerprint density at radius 1 is 1.40 bits per heavy atom. The maximum Gasteiger partial charge on any atom is 0.407 e. The number of nitrogens with one attached hydrogen (secondary N) is 1. The van der Waals surface area contributed by atoms with Crippen molar-refractivity contribution >= 4 is 16.1 Å². The second-order valence-corrected chi connectivity index (χ2v) is 8.53. The van der Waals surface area contributed by atoms with Crippen molar-refractivity contribution < 1.29 is 17.9 Å². The maximum absolute atomic E-state index is 11.9. The summed E-state index contributed by atoms with van der Waals surface area (Å²) in [6.07, 6.45) is 0.241. The Hall–Kier alpha value is -0.820. The van der Waals surface area contributed by atoms with E-state index >= 15 is 0 Å². The number of hydrogen-bond donors (Lipinski definition) is 1. The Balaban J connectivity index is 2.66. The smallest absolute Gasteiger partial charge is 0.407 e. The van der Waals surface area contributed by atoms with Gasteiger partial charge in [-0.25, -0.2) is 13.2 Å². The zero-order valence-electron chi connectivity index (χ0n) is 13.0. The number of ether oxygens (including phenoxy) is 1. The van der Waals surface area contributed by atoms with E-state index in [1.54, 1.807) is 27.7 Å². The molecule has 0 aromatic heterocycles. The third-order valence-corrected chi connectivity index (χ3v) is 5.23. The van der Waals surface area contributed by atoms with E-state index in [1.807, 2.05) is 6.92 Å². The molecule has 7 heteroatoms. The van der Waals surface area contributed by atoms with E-state index in [2.05, 4.69) is 5.32 Å². The van der Waals surface area contributed by atoms with Gasteiger partial charge in [0.2, 0.25) is 10.0 Å². The summed E-state index contributed by atoms with van der Waals surface area (Å²) >= 11 is 0. The van der Waals surface area contributed by atoms with Gasteiger partial charge in [0.15, 0.2) is 0 Å². The minimum absolute atomic E-state index is 0.0839. The highest BCUT2D eigenvalue weighted by atomic mass is 32.2. The number of carbonyl (C=O) groups excluding carboxylic acids is 1. The summed E-state index contributed by atoms with van der Waals surface area (Å²) in [6.45, 7) is 9.86. The lowest BCUT2D eigenvalue weighted by atomic mass is 9.95. The van der Waals surface area contributed by atoms with E-state index in [0.29, 0.717) is 13.1 Å². The summed E-state index contributed by atoms with van der Waals surface area (Å²) in [5.41, 5.74) is -0.558. The van der Waals surface area contributed by atoms with Crippen molar-refractivity contribution in [3.05, 3.63) is 0 Å². The average Bonchev–Trinajstić information content (AvgIpc) is 2.29. The molecule has 0 aromatic rings. The van der Waals surface area contributed by atoms with Gasteiger partial charge in [0.25, 0.3) is 0 Å². The number of hydrogen-bond acceptors (Lipinski definition) is 4. The molecule has 0 aromatic carbocycles. The summed E-state index contributed by atoms with van der Waals surface area (Å²) in [5, 5.41) is 2.78. The first kappa shape index (κ1) is 17.2. The fourth-order valence-electron chi connectivity index (χ4n) is 2.12. The van der Waals surface area contributed by atoms with Gasteiger partial charge in [-0.1, -0.05) is 6.92 Å². The zero-order chi connectivity index (χ0) is 15.6. The van der Waals surface area contributed by atoms with Gasteiger partial charge in [-0.15, -0.1) is 0 Å².